The quantitative estimate of drug-likeness (QED) is 0.0652. The number of aromatic nitrogens is 4. The molecule has 20 heteroatoms. The van der Waals surface area contributed by atoms with Crippen molar-refractivity contribution in [3.05, 3.63) is 131 Å². The van der Waals surface area contributed by atoms with Gasteiger partial charge in [0, 0.05) is 38.6 Å². The molecule has 0 bridgehead atoms. The second kappa shape index (κ2) is 19.6. The summed E-state index contributed by atoms with van der Waals surface area (Å²) in [6.45, 7) is 0. The number of benzene rings is 2. The van der Waals surface area contributed by atoms with E-state index >= 15 is 0 Å². The van der Waals surface area contributed by atoms with Gasteiger partial charge in [0.1, 0.15) is 40.5 Å². The number of rotatable bonds is 14. The van der Waals surface area contributed by atoms with Crippen molar-refractivity contribution in [2.24, 2.45) is 5.73 Å². The largest absolute Gasteiger partial charge is 0.494 e. The number of amides is 3. The van der Waals surface area contributed by atoms with Crippen molar-refractivity contribution >= 4 is 69.7 Å². The molecule has 18 nitrogen and oxygen atoms in total. The van der Waals surface area contributed by atoms with E-state index in [2.05, 4.69) is 51.8 Å². The highest BCUT2D eigenvalue weighted by atomic mass is 19.1. The minimum Gasteiger partial charge on any atom is -0.494 e. The van der Waals surface area contributed by atoms with Gasteiger partial charge in [0.05, 0.1) is 66.1 Å². The van der Waals surface area contributed by atoms with Gasteiger partial charge in [-0.1, -0.05) is 12.1 Å². The van der Waals surface area contributed by atoms with Gasteiger partial charge in [0.15, 0.2) is 11.5 Å². The lowest BCUT2D eigenvalue weighted by atomic mass is 10.1. The number of primary amides is 1. The Hall–Kier alpha value is -8.42. The number of nitrogens with two attached hydrogens (primary N) is 1. The fraction of sp³-hybridized carbons (Fsp3) is 0.100. The maximum absolute atomic E-state index is 13.1. The third kappa shape index (κ3) is 10.5. The van der Waals surface area contributed by atoms with Gasteiger partial charge in [-0.05, 0) is 48.5 Å². The molecule has 60 heavy (non-hydrogen) atoms. The van der Waals surface area contributed by atoms with Crippen molar-refractivity contribution in [2.75, 3.05) is 49.6 Å². The zero-order chi connectivity index (χ0) is 43.3. The number of nitrogens with one attached hydrogen (secondary N) is 6. The minimum atomic E-state index is -1.15. The lowest BCUT2D eigenvalue weighted by Gasteiger charge is -2.16. The molecular weight excluding hydrogens is 785 g/mol. The molecule has 0 atom stereocenters. The lowest BCUT2D eigenvalue weighted by Crippen LogP contribution is -2.20. The van der Waals surface area contributed by atoms with Crippen LogP contribution >= 0.6 is 0 Å². The minimum absolute atomic E-state index is 0.0353. The highest BCUT2D eigenvalue weighted by Gasteiger charge is 2.20. The molecule has 4 heterocycles. The number of nitrogens with zero attached hydrogens (tertiary/aromatic N) is 4. The van der Waals surface area contributed by atoms with E-state index in [0.29, 0.717) is 46.0 Å². The van der Waals surface area contributed by atoms with Gasteiger partial charge in [0.2, 0.25) is 0 Å². The molecule has 4 aromatic heterocycles. The van der Waals surface area contributed by atoms with Gasteiger partial charge in [0.25, 0.3) is 17.7 Å². The van der Waals surface area contributed by atoms with E-state index in [1.54, 1.807) is 36.4 Å². The van der Waals surface area contributed by atoms with Crippen molar-refractivity contribution in [3.8, 4) is 11.5 Å². The number of ether oxygens (including phenoxy) is 2. The molecule has 0 spiro atoms. The van der Waals surface area contributed by atoms with E-state index in [9.17, 15) is 33.1 Å². The van der Waals surface area contributed by atoms with Gasteiger partial charge in [-0.15, -0.1) is 0 Å². The van der Waals surface area contributed by atoms with Gasteiger partial charge >= 0.3 is 5.97 Å². The number of halogens is 2. The number of pyridine rings is 4. The standard InChI is InChI=1S/C20H19FN6O3.C20H18FN5O4/c1-23-20(29)13-10-25-17(27-16-7-6-11(21)9-24-16)8-15(13)26-14-5-3-4-12(19(22)28)18(14)30-2;1-22-19(27)13-10-24-17(26-16-7-6-11(21)9-23-16)8-15(13)25-14-5-3-4-12(20(28)29)18(14)30-2/h3-10H,1-2H3,(H2,22,28)(H,23,29)(H2,24,25,26,27);3-10H,1-2H3,(H,22,27)(H,28,29)(H2,23,24,25,26). The van der Waals surface area contributed by atoms with Crippen LogP contribution in [0.1, 0.15) is 41.4 Å². The van der Waals surface area contributed by atoms with Crippen LogP contribution in [0.5, 0.6) is 11.5 Å². The van der Waals surface area contributed by atoms with Crippen LogP contribution in [0.25, 0.3) is 0 Å². The van der Waals surface area contributed by atoms with Crippen molar-refractivity contribution < 1.29 is 42.5 Å². The highest BCUT2D eigenvalue weighted by Crippen LogP contribution is 2.35. The number of carboxylic acid groups (broad SMARTS) is 1. The number of methoxy groups -OCH3 is 2. The number of carbonyl (C=O) groups excluding carboxylic acids is 3. The maximum atomic E-state index is 13.1. The number of carboxylic acids is 1. The van der Waals surface area contributed by atoms with Crippen LogP contribution in [0.4, 0.5) is 54.8 Å². The van der Waals surface area contributed by atoms with E-state index in [1.807, 2.05) is 0 Å². The normalized spacial score (nSPS) is 10.2. The van der Waals surface area contributed by atoms with Crippen LogP contribution in [0.15, 0.2) is 97.6 Å². The smallest absolute Gasteiger partial charge is 0.339 e. The first kappa shape index (κ1) is 42.7. The molecule has 0 saturated carbocycles. The van der Waals surface area contributed by atoms with Gasteiger partial charge < -0.3 is 52.2 Å². The topological polar surface area (TPSA) is 257 Å². The van der Waals surface area contributed by atoms with Crippen LogP contribution in [0.3, 0.4) is 0 Å². The molecule has 0 fully saturated rings. The summed E-state index contributed by atoms with van der Waals surface area (Å²) in [5, 5.41) is 26.4. The summed E-state index contributed by atoms with van der Waals surface area (Å²) >= 11 is 0. The van der Waals surface area contributed by atoms with E-state index in [-0.39, 0.29) is 39.7 Å². The molecule has 6 aromatic rings. The third-order valence-electron chi connectivity index (χ3n) is 8.19. The molecule has 6 rings (SSSR count). The fourth-order valence-electron chi connectivity index (χ4n) is 5.41. The summed E-state index contributed by atoms with van der Waals surface area (Å²) in [7, 11) is 5.74. The average molecular weight is 822 g/mol. The Morgan fingerprint density at radius 1 is 0.550 bits per heavy atom. The Labute approximate surface area is 340 Å². The summed E-state index contributed by atoms with van der Waals surface area (Å²) in [4.78, 5) is 63.9. The SMILES string of the molecule is CNC(=O)c1cnc(Nc2ccc(F)cn2)cc1Nc1cccc(C(=O)O)c1OC.CNC(=O)c1cnc(Nc2ccc(F)cn2)cc1Nc1cccc(C(N)=O)c1OC. The molecule has 0 aliphatic carbocycles. The van der Waals surface area contributed by atoms with Crippen molar-refractivity contribution in [1.82, 2.24) is 30.6 Å². The lowest BCUT2D eigenvalue weighted by molar-refractivity contribution is 0.0692. The molecular formula is C40H37F2N11O7. The van der Waals surface area contributed by atoms with Crippen LogP contribution < -0.4 is 47.1 Å². The maximum Gasteiger partial charge on any atom is 0.339 e. The van der Waals surface area contributed by atoms with Gasteiger partial charge in [-0.25, -0.2) is 33.5 Å². The Kier molecular flexibility index (Phi) is 14.0. The number of anilines is 8. The molecule has 0 saturated heterocycles. The Bertz CT molecular complexity index is 2350. The molecule has 2 aromatic carbocycles. The van der Waals surface area contributed by atoms with Gasteiger partial charge in [-0.3, -0.25) is 14.4 Å². The van der Waals surface area contributed by atoms with Crippen LogP contribution in [-0.4, -0.2) is 77.0 Å². The number of hydrogen-bond donors (Lipinski definition) is 8. The van der Waals surface area contributed by atoms with Crippen molar-refractivity contribution in [1.29, 1.82) is 0 Å². The van der Waals surface area contributed by atoms with E-state index < -0.39 is 29.4 Å². The van der Waals surface area contributed by atoms with E-state index in [4.69, 9.17) is 15.2 Å². The second-order valence-corrected chi connectivity index (χ2v) is 12.1. The Morgan fingerprint density at radius 3 is 1.33 bits per heavy atom. The zero-order valence-corrected chi connectivity index (χ0v) is 32.3. The number of aromatic carboxylic acids is 1. The van der Waals surface area contributed by atoms with E-state index in [1.165, 1.54) is 77.1 Å². The fourth-order valence-corrected chi connectivity index (χ4v) is 5.41. The molecule has 3 amide bonds. The monoisotopic (exact) mass is 821 g/mol. The summed E-state index contributed by atoms with van der Waals surface area (Å²) in [5.74, 6) is -1.76. The zero-order valence-electron chi connectivity index (χ0n) is 32.3. The van der Waals surface area contributed by atoms with E-state index in [0.717, 1.165) is 12.4 Å². The highest BCUT2D eigenvalue weighted by molar-refractivity contribution is 6.03. The first-order valence-corrected chi connectivity index (χ1v) is 17.5. The van der Waals surface area contributed by atoms with Crippen LogP contribution in [0.2, 0.25) is 0 Å². The molecule has 9 N–H and O–H groups in total. The molecule has 308 valence electrons. The number of para-hydroxylation sites is 2. The third-order valence-corrected chi connectivity index (χ3v) is 8.19. The Morgan fingerprint density at radius 2 is 0.967 bits per heavy atom. The molecule has 0 unspecified atom stereocenters. The average Bonchev–Trinajstić information content (AvgIpc) is 3.25. The summed E-state index contributed by atoms with van der Waals surface area (Å²) in [5.41, 5.74) is 7.53. The predicted molar refractivity (Wildman–Crippen MR) is 218 cm³/mol. The van der Waals surface area contributed by atoms with Crippen molar-refractivity contribution in [3.63, 3.8) is 0 Å². The predicted octanol–water partition coefficient (Wildman–Crippen LogP) is 5.74. The van der Waals surface area contributed by atoms with Crippen molar-refractivity contribution in [2.45, 2.75) is 0 Å². The number of hydrogen-bond acceptors (Lipinski definition) is 14. The summed E-state index contributed by atoms with van der Waals surface area (Å²) in [6, 6.07) is 17.9. The molecule has 0 radical (unpaired) electrons. The van der Waals surface area contributed by atoms with Gasteiger partial charge in [-0.2, -0.15) is 0 Å². The first-order valence-electron chi connectivity index (χ1n) is 17.5. The first-order chi connectivity index (χ1) is 28.8. The van der Waals surface area contributed by atoms with Crippen LogP contribution in [-0.2, 0) is 0 Å². The summed E-state index contributed by atoms with van der Waals surface area (Å²) < 4.78 is 36.7. The summed E-state index contributed by atoms with van der Waals surface area (Å²) in [6.07, 6.45) is 4.85. The Balaban J connectivity index is 0.000000228. The molecule has 0 aliphatic heterocycles. The number of carbonyl (C=O) groups is 4. The van der Waals surface area contributed by atoms with Crippen LogP contribution in [0, 0.1) is 11.6 Å². The second-order valence-electron chi connectivity index (χ2n) is 12.1. The molecule has 0 aliphatic rings.